The van der Waals surface area contributed by atoms with Crippen LogP contribution in [0.4, 0.5) is 0 Å². The van der Waals surface area contributed by atoms with Crippen LogP contribution in [0, 0.1) is 5.92 Å². The molecule has 0 saturated carbocycles. The van der Waals surface area contributed by atoms with E-state index in [4.69, 9.17) is 0 Å². The average Bonchev–Trinajstić information content (AvgIpc) is 1.98. The van der Waals surface area contributed by atoms with Crippen LogP contribution in [0.3, 0.4) is 0 Å². The van der Waals surface area contributed by atoms with Gasteiger partial charge in [-0.15, -0.1) is 0 Å². The molecule has 0 aromatic carbocycles. The second-order valence-electron chi connectivity index (χ2n) is 3.17. The van der Waals surface area contributed by atoms with E-state index in [0.717, 1.165) is 6.42 Å². The second kappa shape index (κ2) is 4.91. The van der Waals surface area contributed by atoms with Crippen molar-refractivity contribution in [2.45, 2.75) is 40.2 Å². The number of nitrogens with one attached hydrogen (secondary N) is 1. The van der Waals surface area contributed by atoms with E-state index in [1.165, 1.54) is 13.8 Å². The normalized spacial score (nSPS) is 15.0. The summed E-state index contributed by atoms with van der Waals surface area (Å²) in [5.41, 5.74) is 0. The zero-order valence-electron chi connectivity index (χ0n) is 8.18. The van der Waals surface area contributed by atoms with Gasteiger partial charge in [0.2, 0.25) is 5.91 Å². The average molecular weight is 171 g/mol. The van der Waals surface area contributed by atoms with Gasteiger partial charge >= 0.3 is 0 Å². The Bertz CT molecular complexity index is 177. The molecule has 1 unspecified atom stereocenters. The highest BCUT2D eigenvalue weighted by Crippen LogP contribution is 2.08. The highest BCUT2D eigenvalue weighted by Gasteiger charge is 2.20. The predicted molar refractivity (Wildman–Crippen MR) is 47.7 cm³/mol. The predicted octanol–water partition coefficient (Wildman–Crippen LogP) is 1.13. The Morgan fingerprint density at radius 2 is 1.83 bits per heavy atom. The summed E-state index contributed by atoms with van der Waals surface area (Å²) in [6, 6.07) is -0.313. The van der Waals surface area contributed by atoms with Crippen LogP contribution in [0.1, 0.15) is 34.1 Å². The minimum Gasteiger partial charge on any atom is -0.346 e. The summed E-state index contributed by atoms with van der Waals surface area (Å²) in [4.78, 5) is 21.8. The third kappa shape index (κ3) is 3.51. The third-order valence-corrected chi connectivity index (χ3v) is 2.01. The largest absolute Gasteiger partial charge is 0.346 e. The fourth-order valence-electron chi connectivity index (χ4n) is 1.10. The van der Waals surface area contributed by atoms with Crippen LogP contribution in [0.5, 0.6) is 0 Å². The van der Waals surface area contributed by atoms with E-state index in [1.807, 2.05) is 13.8 Å². The van der Waals surface area contributed by atoms with E-state index in [-0.39, 0.29) is 23.7 Å². The Kier molecular flexibility index (Phi) is 4.55. The maximum Gasteiger partial charge on any atom is 0.217 e. The van der Waals surface area contributed by atoms with E-state index in [9.17, 15) is 9.59 Å². The van der Waals surface area contributed by atoms with E-state index < -0.39 is 0 Å². The van der Waals surface area contributed by atoms with Crippen molar-refractivity contribution in [2.75, 3.05) is 0 Å². The molecule has 1 amide bonds. The summed E-state index contributed by atoms with van der Waals surface area (Å²) in [6.45, 7) is 6.90. The first-order valence-corrected chi connectivity index (χ1v) is 4.26. The molecule has 0 aromatic heterocycles. The summed E-state index contributed by atoms with van der Waals surface area (Å²) in [6.07, 6.45) is 0.893. The quantitative estimate of drug-likeness (QED) is 0.689. The molecule has 70 valence electrons. The second-order valence-corrected chi connectivity index (χ2v) is 3.17. The van der Waals surface area contributed by atoms with E-state index in [1.54, 1.807) is 0 Å². The molecule has 0 bridgehead atoms. The maximum absolute atomic E-state index is 11.1. The molecular weight excluding hydrogens is 154 g/mol. The molecule has 0 fully saturated rings. The van der Waals surface area contributed by atoms with Crippen molar-refractivity contribution in [1.29, 1.82) is 0 Å². The summed E-state index contributed by atoms with van der Waals surface area (Å²) < 4.78 is 0. The molecule has 2 atom stereocenters. The number of amides is 1. The first-order valence-electron chi connectivity index (χ1n) is 4.26. The molecule has 0 aromatic rings. The van der Waals surface area contributed by atoms with Crippen LogP contribution in [-0.4, -0.2) is 17.7 Å². The van der Waals surface area contributed by atoms with Crippen molar-refractivity contribution in [3.05, 3.63) is 0 Å². The Labute approximate surface area is 73.5 Å². The summed E-state index contributed by atoms with van der Waals surface area (Å²) in [5.74, 6) is 0.0986. The molecule has 1 N–H and O–H groups in total. The number of rotatable bonds is 4. The first-order chi connectivity index (χ1) is 5.49. The van der Waals surface area contributed by atoms with Crippen LogP contribution < -0.4 is 5.32 Å². The van der Waals surface area contributed by atoms with Crippen LogP contribution in [0.15, 0.2) is 0 Å². The molecule has 0 rings (SSSR count). The minimum atomic E-state index is -0.313. The lowest BCUT2D eigenvalue weighted by atomic mass is 9.96. The van der Waals surface area contributed by atoms with Crippen LogP contribution in [0.25, 0.3) is 0 Å². The van der Waals surface area contributed by atoms with Gasteiger partial charge < -0.3 is 5.32 Å². The standard InChI is InChI=1S/C9H17NO2/c1-5-6(2)9(7(3)11)10-8(4)12/h6,9H,5H2,1-4H3,(H,10,12)/t6?,9-/m0/s1. The highest BCUT2D eigenvalue weighted by molar-refractivity contribution is 5.86. The Balaban J connectivity index is 4.22. The molecule has 0 aliphatic carbocycles. The topological polar surface area (TPSA) is 46.2 Å². The fraction of sp³-hybridized carbons (Fsp3) is 0.778. The number of ketones is 1. The Morgan fingerprint density at radius 1 is 1.33 bits per heavy atom. The summed E-state index contributed by atoms with van der Waals surface area (Å²) >= 11 is 0. The van der Waals surface area contributed by atoms with Crippen molar-refractivity contribution in [2.24, 2.45) is 5.92 Å². The minimum absolute atomic E-state index is 0.0274. The van der Waals surface area contributed by atoms with Crippen LogP contribution >= 0.6 is 0 Å². The van der Waals surface area contributed by atoms with Crippen molar-refractivity contribution >= 4 is 11.7 Å². The van der Waals surface area contributed by atoms with E-state index in [2.05, 4.69) is 5.32 Å². The van der Waals surface area contributed by atoms with Gasteiger partial charge in [0, 0.05) is 6.92 Å². The Morgan fingerprint density at radius 3 is 2.08 bits per heavy atom. The lowest BCUT2D eigenvalue weighted by molar-refractivity contribution is -0.126. The third-order valence-electron chi connectivity index (χ3n) is 2.01. The fourth-order valence-corrected chi connectivity index (χ4v) is 1.10. The molecule has 0 heterocycles. The number of carbonyl (C=O) groups is 2. The molecular formula is C9H17NO2. The lowest BCUT2D eigenvalue weighted by Gasteiger charge is -2.20. The highest BCUT2D eigenvalue weighted by atomic mass is 16.2. The molecule has 3 nitrogen and oxygen atoms in total. The maximum atomic E-state index is 11.1. The van der Waals surface area contributed by atoms with E-state index in [0.29, 0.717) is 0 Å². The number of hydrogen-bond acceptors (Lipinski definition) is 2. The molecule has 0 saturated heterocycles. The van der Waals surface area contributed by atoms with Crippen molar-refractivity contribution < 1.29 is 9.59 Å². The number of hydrogen-bond donors (Lipinski definition) is 1. The van der Waals surface area contributed by atoms with Gasteiger partial charge in [-0.25, -0.2) is 0 Å². The van der Waals surface area contributed by atoms with Gasteiger partial charge in [0.15, 0.2) is 5.78 Å². The van der Waals surface area contributed by atoms with Gasteiger partial charge in [-0.2, -0.15) is 0 Å². The zero-order valence-corrected chi connectivity index (χ0v) is 8.18. The zero-order chi connectivity index (χ0) is 9.72. The molecule has 3 heteroatoms. The van der Waals surface area contributed by atoms with Crippen LogP contribution in [-0.2, 0) is 9.59 Å². The summed E-state index contributed by atoms with van der Waals surface area (Å²) in [5, 5.41) is 2.64. The number of carbonyl (C=O) groups excluding carboxylic acids is 2. The van der Waals surface area contributed by atoms with Gasteiger partial charge in [0.1, 0.15) is 0 Å². The van der Waals surface area contributed by atoms with E-state index >= 15 is 0 Å². The van der Waals surface area contributed by atoms with Gasteiger partial charge in [-0.05, 0) is 12.8 Å². The smallest absolute Gasteiger partial charge is 0.217 e. The monoisotopic (exact) mass is 171 g/mol. The molecule has 0 radical (unpaired) electrons. The van der Waals surface area contributed by atoms with Crippen molar-refractivity contribution in [1.82, 2.24) is 5.32 Å². The lowest BCUT2D eigenvalue weighted by Crippen LogP contribution is -2.42. The SMILES string of the molecule is CCC(C)[C@H](NC(C)=O)C(C)=O. The number of Topliss-reactive ketones (excluding diaryl/α,β-unsaturated/α-hetero) is 1. The van der Waals surface area contributed by atoms with Crippen molar-refractivity contribution in [3.8, 4) is 0 Å². The van der Waals surface area contributed by atoms with Gasteiger partial charge in [-0.3, -0.25) is 9.59 Å². The molecule has 0 aliphatic rings. The molecule has 0 aliphatic heterocycles. The van der Waals surface area contributed by atoms with Crippen LogP contribution in [0.2, 0.25) is 0 Å². The van der Waals surface area contributed by atoms with Gasteiger partial charge in [0.05, 0.1) is 6.04 Å². The molecule has 0 spiro atoms. The Hall–Kier alpha value is -0.860. The van der Waals surface area contributed by atoms with Crippen molar-refractivity contribution in [3.63, 3.8) is 0 Å². The molecule has 12 heavy (non-hydrogen) atoms. The van der Waals surface area contributed by atoms with Gasteiger partial charge in [-0.1, -0.05) is 20.3 Å². The van der Waals surface area contributed by atoms with Gasteiger partial charge in [0.25, 0.3) is 0 Å². The summed E-state index contributed by atoms with van der Waals surface area (Å²) in [7, 11) is 0. The first kappa shape index (κ1) is 11.1.